The van der Waals surface area contributed by atoms with Gasteiger partial charge in [0.2, 0.25) is 0 Å². The van der Waals surface area contributed by atoms with Gasteiger partial charge < -0.3 is 10.1 Å². The van der Waals surface area contributed by atoms with E-state index in [-0.39, 0.29) is 11.2 Å². The van der Waals surface area contributed by atoms with Crippen LogP contribution in [0.1, 0.15) is 31.7 Å². The van der Waals surface area contributed by atoms with Crippen molar-refractivity contribution in [2.75, 3.05) is 26.8 Å². The number of ether oxygens (including phenoxy) is 1. The summed E-state index contributed by atoms with van der Waals surface area (Å²) in [5, 5.41) is 3.93. The van der Waals surface area contributed by atoms with Crippen molar-refractivity contribution in [3.8, 4) is 0 Å². The number of halogens is 2. The molecule has 0 spiro atoms. The maximum absolute atomic E-state index is 14.2. The summed E-state index contributed by atoms with van der Waals surface area (Å²) in [7, 11) is 1.68. The Balaban J connectivity index is 2.15. The van der Waals surface area contributed by atoms with Gasteiger partial charge in [0.15, 0.2) is 0 Å². The maximum atomic E-state index is 14.2. The minimum atomic E-state index is -0.180. The van der Waals surface area contributed by atoms with E-state index in [9.17, 15) is 4.39 Å². The van der Waals surface area contributed by atoms with E-state index in [1.165, 1.54) is 6.07 Å². The number of nitrogens with one attached hydrogen (secondary N) is 1. The lowest BCUT2D eigenvalue weighted by molar-refractivity contribution is 0.124. The molecule has 1 aromatic rings. The number of methoxy groups -OCH3 is 1. The van der Waals surface area contributed by atoms with Crippen LogP contribution in [0.15, 0.2) is 18.2 Å². The molecule has 112 valence electrons. The average Bonchev–Trinajstić information content (AvgIpc) is 2.38. The third-order valence-electron chi connectivity index (χ3n) is 4.38. The van der Waals surface area contributed by atoms with Crippen molar-refractivity contribution in [2.45, 2.75) is 31.6 Å². The summed E-state index contributed by atoms with van der Waals surface area (Å²) < 4.78 is 19.3. The van der Waals surface area contributed by atoms with Gasteiger partial charge in [-0.3, -0.25) is 0 Å². The molecular formula is C16H23ClFNO. The zero-order chi connectivity index (χ0) is 14.6. The van der Waals surface area contributed by atoms with Crippen LogP contribution in [0.3, 0.4) is 0 Å². The van der Waals surface area contributed by atoms with Crippen LogP contribution in [0.25, 0.3) is 0 Å². The summed E-state index contributed by atoms with van der Waals surface area (Å²) in [6.45, 7) is 4.39. The van der Waals surface area contributed by atoms with E-state index in [2.05, 4.69) is 12.2 Å². The first-order valence-corrected chi connectivity index (χ1v) is 7.65. The second-order valence-electron chi connectivity index (χ2n) is 5.73. The molecule has 4 heteroatoms. The van der Waals surface area contributed by atoms with Crippen LogP contribution in [0.4, 0.5) is 4.39 Å². The zero-order valence-corrected chi connectivity index (χ0v) is 13.0. The van der Waals surface area contributed by atoms with Crippen LogP contribution in [0, 0.1) is 11.7 Å². The molecule has 0 atom stereocenters. The molecule has 1 aliphatic rings. The van der Waals surface area contributed by atoms with Crippen LogP contribution in [-0.4, -0.2) is 26.8 Å². The van der Waals surface area contributed by atoms with Gasteiger partial charge in [-0.25, -0.2) is 4.39 Å². The van der Waals surface area contributed by atoms with Crippen molar-refractivity contribution in [2.24, 2.45) is 5.92 Å². The van der Waals surface area contributed by atoms with Crippen LogP contribution < -0.4 is 5.32 Å². The SMILES string of the molecule is CCC1CC(CNCCOC)(c2c(F)cccc2Cl)C1. The van der Waals surface area contributed by atoms with E-state index < -0.39 is 0 Å². The predicted molar refractivity (Wildman–Crippen MR) is 80.8 cm³/mol. The summed E-state index contributed by atoms with van der Waals surface area (Å²) in [4.78, 5) is 0. The normalized spacial score (nSPS) is 25.5. The van der Waals surface area contributed by atoms with Crippen molar-refractivity contribution >= 4 is 11.6 Å². The highest BCUT2D eigenvalue weighted by molar-refractivity contribution is 6.31. The first-order chi connectivity index (χ1) is 9.63. The third-order valence-corrected chi connectivity index (χ3v) is 4.69. The zero-order valence-electron chi connectivity index (χ0n) is 12.2. The summed E-state index contributed by atoms with van der Waals surface area (Å²) >= 11 is 6.27. The number of benzene rings is 1. The Kier molecular flexibility index (Phi) is 5.42. The molecular weight excluding hydrogens is 277 g/mol. The van der Waals surface area contributed by atoms with Gasteiger partial charge in [0.05, 0.1) is 6.61 Å². The molecule has 1 N–H and O–H groups in total. The van der Waals surface area contributed by atoms with Crippen molar-refractivity contribution in [1.82, 2.24) is 5.32 Å². The molecule has 0 radical (unpaired) electrons. The Bertz CT molecular complexity index is 426. The molecule has 0 saturated heterocycles. The van der Waals surface area contributed by atoms with Gasteiger partial charge in [0, 0.05) is 36.2 Å². The minimum absolute atomic E-state index is 0.156. The molecule has 0 heterocycles. The van der Waals surface area contributed by atoms with Crippen LogP contribution in [0.2, 0.25) is 5.02 Å². The van der Waals surface area contributed by atoms with Crippen LogP contribution >= 0.6 is 11.6 Å². The van der Waals surface area contributed by atoms with E-state index >= 15 is 0 Å². The largest absolute Gasteiger partial charge is 0.383 e. The molecule has 0 aliphatic heterocycles. The van der Waals surface area contributed by atoms with E-state index in [1.54, 1.807) is 19.2 Å². The first-order valence-electron chi connectivity index (χ1n) is 7.27. The van der Waals surface area contributed by atoms with Gasteiger partial charge >= 0.3 is 0 Å². The molecule has 2 rings (SSSR count). The summed E-state index contributed by atoms with van der Waals surface area (Å²) in [5.74, 6) is 0.496. The first kappa shape index (κ1) is 15.7. The quantitative estimate of drug-likeness (QED) is 0.774. The summed E-state index contributed by atoms with van der Waals surface area (Å²) in [5.41, 5.74) is 0.535. The fourth-order valence-electron chi connectivity index (χ4n) is 3.28. The topological polar surface area (TPSA) is 21.3 Å². The number of rotatable bonds is 7. The van der Waals surface area contributed by atoms with Gasteiger partial charge in [-0.05, 0) is 30.9 Å². The highest BCUT2D eigenvalue weighted by atomic mass is 35.5. The molecule has 1 aliphatic carbocycles. The van der Waals surface area contributed by atoms with E-state index in [1.807, 2.05) is 0 Å². The highest BCUT2D eigenvalue weighted by Crippen LogP contribution is 2.51. The second-order valence-corrected chi connectivity index (χ2v) is 6.14. The lowest BCUT2D eigenvalue weighted by Crippen LogP contribution is -2.49. The smallest absolute Gasteiger partial charge is 0.128 e. The molecule has 1 aromatic carbocycles. The lowest BCUT2D eigenvalue weighted by Gasteiger charge is -2.49. The molecule has 2 nitrogen and oxygen atoms in total. The summed E-state index contributed by atoms with van der Waals surface area (Å²) in [6, 6.07) is 4.97. The standard InChI is InChI=1S/C16H23ClFNO/c1-3-12-9-16(10-12,11-19-7-8-20-2)15-13(17)5-4-6-14(15)18/h4-6,12,19H,3,7-11H2,1-2H3. The Labute approximate surface area is 125 Å². The fourth-order valence-corrected chi connectivity index (χ4v) is 3.64. The van der Waals surface area contributed by atoms with Gasteiger partial charge in [-0.15, -0.1) is 0 Å². The van der Waals surface area contributed by atoms with Gasteiger partial charge in [-0.1, -0.05) is 31.0 Å². The van der Waals surface area contributed by atoms with Crippen molar-refractivity contribution in [1.29, 1.82) is 0 Å². The van der Waals surface area contributed by atoms with E-state index in [0.29, 0.717) is 23.1 Å². The molecule has 0 aromatic heterocycles. The second kappa shape index (κ2) is 6.88. The average molecular weight is 300 g/mol. The van der Waals surface area contributed by atoms with Crippen LogP contribution in [-0.2, 0) is 10.2 Å². The molecule has 0 unspecified atom stereocenters. The molecule has 20 heavy (non-hydrogen) atoms. The molecule has 0 bridgehead atoms. The minimum Gasteiger partial charge on any atom is -0.383 e. The van der Waals surface area contributed by atoms with Gasteiger partial charge in [0.1, 0.15) is 5.82 Å². The van der Waals surface area contributed by atoms with Gasteiger partial charge in [-0.2, -0.15) is 0 Å². The molecule has 1 saturated carbocycles. The number of hydrogen-bond donors (Lipinski definition) is 1. The highest BCUT2D eigenvalue weighted by Gasteiger charge is 2.46. The Morgan fingerprint density at radius 2 is 2.20 bits per heavy atom. The number of hydrogen-bond acceptors (Lipinski definition) is 2. The maximum Gasteiger partial charge on any atom is 0.128 e. The molecule has 1 fully saturated rings. The monoisotopic (exact) mass is 299 g/mol. The van der Waals surface area contributed by atoms with Gasteiger partial charge in [0.25, 0.3) is 0 Å². The van der Waals surface area contributed by atoms with Crippen molar-refractivity contribution in [3.05, 3.63) is 34.6 Å². The predicted octanol–water partition coefficient (Wildman–Crippen LogP) is 3.77. The van der Waals surface area contributed by atoms with E-state index in [0.717, 1.165) is 32.4 Å². The molecule has 0 amide bonds. The van der Waals surface area contributed by atoms with Crippen molar-refractivity contribution < 1.29 is 9.13 Å². The summed E-state index contributed by atoms with van der Waals surface area (Å²) in [6.07, 6.45) is 3.15. The fraction of sp³-hybridized carbons (Fsp3) is 0.625. The Hall–Kier alpha value is -0.640. The van der Waals surface area contributed by atoms with Crippen LogP contribution in [0.5, 0.6) is 0 Å². The Morgan fingerprint density at radius 1 is 1.45 bits per heavy atom. The lowest BCUT2D eigenvalue weighted by atomic mass is 9.57. The van der Waals surface area contributed by atoms with Crippen molar-refractivity contribution in [3.63, 3.8) is 0 Å². The Morgan fingerprint density at radius 3 is 2.80 bits per heavy atom. The van der Waals surface area contributed by atoms with E-state index in [4.69, 9.17) is 16.3 Å². The third kappa shape index (κ3) is 3.16.